The molecule has 2 aliphatic carbocycles. The summed E-state index contributed by atoms with van der Waals surface area (Å²) in [7, 11) is 0. The maximum Gasteiger partial charge on any atom is -0.147 e. The summed E-state index contributed by atoms with van der Waals surface area (Å²) in [6.07, 6.45) is 5.16. The summed E-state index contributed by atoms with van der Waals surface area (Å²) in [5, 5.41) is 0. The van der Waals surface area contributed by atoms with Gasteiger partial charge >= 0.3 is 271 Å². The first-order valence-corrected chi connectivity index (χ1v) is 30.2. The summed E-state index contributed by atoms with van der Waals surface area (Å²) in [6.45, 7) is 21.2. The van der Waals surface area contributed by atoms with Crippen LogP contribution >= 0.6 is 24.8 Å². The van der Waals surface area contributed by atoms with Gasteiger partial charge in [0.05, 0.1) is 0 Å². The van der Waals surface area contributed by atoms with Crippen molar-refractivity contribution in [1.82, 2.24) is 0 Å². The van der Waals surface area contributed by atoms with E-state index < -0.39 is 17.4 Å². The SMILES string of the molecule is CC1=Cc2c(-c3ccc(C(C)(C)C)cc3)ccc(C)c2[CH]1[Zr]([CH3])([CH3])(=[SiH2])[CH]1C(C(C)C)=Cc2c(-c3cccc(C)c3)cccc21.Cl.Cl. The number of fused-ring (bicyclic) bond motifs is 2. The quantitative estimate of drug-likeness (QED) is 0.178. The van der Waals surface area contributed by atoms with Gasteiger partial charge in [-0.15, -0.1) is 24.8 Å². The van der Waals surface area contributed by atoms with Gasteiger partial charge < -0.3 is 0 Å². The first kappa shape index (κ1) is 36.9. The van der Waals surface area contributed by atoms with E-state index in [4.69, 9.17) is 0 Å². The fourth-order valence-electron chi connectivity index (χ4n) is 8.66. The Bertz CT molecular complexity index is 1930. The fraction of sp³-hybridized carbons (Fsp3) is 0.333. The van der Waals surface area contributed by atoms with Crippen molar-refractivity contribution in [3.05, 3.63) is 129 Å². The van der Waals surface area contributed by atoms with Gasteiger partial charge in [-0.1, -0.05) is 0 Å². The topological polar surface area (TPSA) is 0 Å². The molecule has 0 fully saturated rings. The third kappa shape index (κ3) is 6.18. The Labute approximate surface area is 293 Å². The van der Waals surface area contributed by atoms with Gasteiger partial charge in [-0.3, -0.25) is 0 Å². The summed E-state index contributed by atoms with van der Waals surface area (Å²) in [4.78, 5) is 0. The smallest absolute Gasteiger partial charge is 0.147 e. The zero-order chi connectivity index (χ0) is 31.8. The molecule has 0 N–H and O–H groups in total. The van der Waals surface area contributed by atoms with Gasteiger partial charge in [0.15, 0.2) is 0 Å². The van der Waals surface area contributed by atoms with Crippen molar-refractivity contribution >= 4 is 43.8 Å². The number of hydrogen-bond donors (Lipinski definition) is 0. The van der Waals surface area contributed by atoms with Gasteiger partial charge in [-0.2, -0.15) is 0 Å². The van der Waals surface area contributed by atoms with Crippen molar-refractivity contribution in [3.63, 3.8) is 0 Å². The Morgan fingerprint density at radius 2 is 1.33 bits per heavy atom. The average molecular weight is 747 g/mol. The molecule has 6 rings (SSSR count). The van der Waals surface area contributed by atoms with E-state index in [0.717, 1.165) is 0 Å². The van der Waals surface area contributed by atoms with Crippen LogP contribution in [0.4, 0.5) is 0 Å². The molecule has 242 valence electrons. The van der Waals surface area contributed by atoms with Crippen molar-refractivity contribution in [2.75, 3.05) is 0 Å². The number of hydrogen-bond acceptors (Lipinski definition) is 0. The molecule has 4 heteroatoms. The molecule has 2 atom stereocenters. The van der Waals surface area contributed by atoms with Gasteiger partial charge in [0.1, 0.15) is 0 Å². The number of rotatable bonds is 5. The first-order valence-electron chi connectivity index (χ1n) is 16.5. The molecule has 0 heterocycles. The third-order valence-corrected chi connectivity index (χ3v) is 28.2. The second kappa shape index (κ2) is 12.8. The number of allylic oxidation sites excluding steroid dienone is 2. The van der Waals surface area contributed by atoms with E-state index in [1.165, 1.54) is 50.1 Å². The molecule has 0 nitrogen and oxygen atoms in total. The molecule has 0 saturated heterocycles. The molecule has 0 amide bonds. The number of benzene rings is 4. The zero-order valence-electron chi connectivity index (χ0n) is 29.4. The predicted molar refractivity (Wildman–Crippen MR) is 209 cm³/mol. The second-order valence-electron chi connectivity index (χ2n) is 16.3. The maximum atomic E-state index is 2.77. The van der Waals surface area contributed by atoms with Crippen LogP contribution in [0.3, 0.4) is 0 Å². The van der Waals surface area contributed by atoms with Crippen LogP contribution in [-0.2, 0) is 22.8 Å². The molecular weight excluding hydrogens is 695 g/mol. The van der Waals surface area contributed by atoms with Crippen molar-refractivity contribution in [1.29, 1.82) is 0 Å². The molecule has 4 aromatic rings. The van der Waals surface area contributed by atoms with Crippen LogP contribution in [-0.4, -0.2) is 6.88 Å². The minimum Gasteiger partial charge on any atom is -0.147 e. The van der Waals surface area contributed by atoms with E-state index in [1.54, 1.807) is 22.3 Å². The van der Waals surface area contributed by atoms with E-state index in [1.807, 2.05) is 0 Å². The van der Waals surface area contributed by atoms with Crippen molar-refractivity contribution < 1.29 is 17.4 Å². The van der Waals surface area contributed by atoms with Crippen LogP contribution in [0.2, 0.25) is 9.26 Å². The van der Waals surface area contributed by atoms with Gasteiger partial charge in [-0.05, 0) is 0 Å². The molecular formula is C42H52Cl2SiZr. The Balaban J connectivity index is 0.00000240. The fourth-order valence-corrected chi connectivity index (χ4v) is 29.3. The van der Waals surface area contributed by atoms with Gasteiger partial charge in [-0.25, -0.2) is 0 Å². The Hall–Kier alpha value is -1.96. The molecule has 0 radical (unpaired) electrons. The summed E-state index contributed by atoms with van der Waals surface area (Å²) >= 11 is -3.68. The summed E-state index contributed by atoms with van der Waals surface area (Å²) in [5.74, 6) is 0.509. The molecule has 0 saturated carbocycles. The Morgan fingerprint density at radius 1 is 0.696 bits per heavy atom. The monoisotopic (exact) mass is 744 g/mol. The Kier molecular flexibility index (Phi) is 10.3. The number of aryl methyl sites for hydroxylation is 2. The van der Waals surface area contributed by atoms with Crippen LogP contribution in [0.15, 0.2) is 90.0 Å². The van der Waals surface area contributed by atoms with Crippen molar-refractivity contribution in [3.8, 4) is 22.3 Å². The molecule has 2 aliphatic rings. The van der Waals surface area contributed by atoms with Crippen LogP contribution in [0.25, 0.3) is 34.4 Å². The van der Waals surface area contributed by atoms with Crippen LogP contribution < -0.4 is 0 Å². The van der Waals surface area contributed by atoms with Crippen LogP contribution in [0.1, 0.15) is 87.7 Å². The maximum absolute atomic E-state index is 3.68. The number of halogens is 2. The Morgan fingerprint density at radius 3 is 1.93 bits per heavy atom. The normalized spacial score (nSPS) is 17.5. The molecule has 0 bridgehead atoms. The molecule has 0 spiro atoms. The van der Waals surface area contributed by atoms with Crippen molar-refractivity contribution in [2.45, 2.75) is 77.3 Å². The van der Waals surface area contributed by atoms with Gasteiger partial charge in [0.2, 0.25) is 0 Å². The van der Waals surface area contributed by atoms with Crippen LogP contribution in [0.5, 0.6) is 0 Å². The van der Waals surface area contributed by atoms with E-state index in [2.05, 4.69) is 163 Å². The van der Waals surface area contributed by atoms with E-state index in [0.29, 0.717) is 13.2 Å². The van der Waals surface area contributed by atoms with Gasteiger partial charge in [0, 0.05) is 0 Å². The van der Waals surface area contributed by atoms with Gasteiger partial charge in [0.25, 0.3) is 0 Å². The molecule has 0 aliphatic heterocycles. The standard InChI is InChI=1S/C21H23.C19H19.2CH3.2ClH.H2Si.Zr/c1-14-12-19-15(2)6-11-18(20(19)13-14)16-7-9-17(10-8-16)21(3,4)5;1-13(2)17-11-16-8-5-9-18(19(16)12-17)15-7-4-6-14(3)10-15;;;;;;/h6-13H,1-5H3;4-13H,1-3H3;2*1H3;2*1H;1H2;. The summed E-state index contributed by atoms with van der Waals surface area (Å²) < 4.78 is 6.58. The first-order chi connectivity index (χ1) is 20.6. The van der Waals surface area contributed by atoms with Crippen LogP contribution in [0, 0.1) is 19.8 Å². The zero-order valence-corrected chi connectivity index (χ0v) is 34.9. The second-order valence-corrected chi connectivity index (χ2v) is 46.7. The molecule has 46 heavy (non-hydrogen) atoms. The predicted octanol–water partition coefficient (Wildman–Crippen LogP) is 12.4. The van der Waals surface area contributed by atoms with E-state index in [9.17, 15) is 0 Å². The molecule has 0 aromatic heterocycles. The van der Waals surface area contributed by atoms with E-state index >= 15 is 0 Å². The van der Waals surface area contributed by atoms with Crippen molar-refractivity contribution in [2.24, 2.45) is 5.92 Å². The molecule has 4 aromatic carbocycles. The minimum atomic E-state index is -3.68. The largest absolute Gasteiger partial charge is 0.147 e. The van der Waals surface area contributed by atoms with E-state index in [-0.39, 0.29) is 30.2 Å². The average Bonchev–Trinajstić information content (AvgIpc) is 3.53. The summed E-state index contributed by atoms with van der Waals surface area (Å²) in [5.41, 5.74) is 19.1. The third-order valence-electron chi connectivity index (χ3n) is 10.7. The molecule has 2 unspecified atom stereocenters. The summed E-state index contributed by atoms with van der Waals surface area (Å²) in [6, 6.07) is 30.3. The minimum absolute atomic E-state index is 0.